The second-order valence-corrected chi connectivity index (χ2v) is 9.33. The van der Waals surface area contributed by atoms with E-state index in [9.17, 15) is 4.79 Å². The van der Waals surface area contributed by atoms with Crippen LogP contribution in [0.3, 0.4) is 0 Å². The fraction of sp³-hybridized carbons (Fsp3) is 0.393. The highest BCUT2D eigenvalue weighted by atomic mass is 16.5. The highest BCUT2D eigenvalue weighted by Crippen LogP contribution is 2.37. The number of likely N-dealkylation sites (N-methyl/N-ethyl adjacent to an activating group) is 2. The largest absolute Gasteiger partial charge is 0.493 e. The SMILES string of the molecule is COc1ccc(N(Cc2cccnc2)c2ccc(N(C)CC(=O)N(C)C)nc2)cc1OC1CCCC1. The van der Waals surface area contributed by atoms with E-state index in [0.29, 0.717) is 6.54 Å². The number of methoxy groups -OCH3 is 1. The van der Waals surface area contributed by atoms with Crippen LogP contribution in [0.2, 0.25) is 0 Å². The van der Waals surface area contributed by atoms with Gasteiger partial charge >= 0.3 is 0 Å². The van der Waals surface area contributed by atoms with Crippen LogP contribution in [0.1, 0.15) is 31.2 Å². The van der Waals surface area contributed by atoms with Gasteiger partial charge in [0.2, 0.25) is 5.91 Å². The van der Waals surface area contributed by atoms with E-state index >= 15 is 0 Å². The lowest BCUT2D eigenvalue weighted by molar-refractivity contribution is -0.127. The molecule has 3 aromatic rings. The smallest absolute Gasteiger partial charge is 0.241 e. The van der Waals surface area contributed by atoms with Crippen molar-refractivity contribution < 1.29 is 14.3 Å². The van der Waals surface area contributed by atoms with E-state index in [4.69, 9.17) is 9.47 Å². The van der Waals surface area contributed by atoms with Gasteiger partial charge in [-0.2, -0.15) is 0 Å². The molecule has 0 saturated heterocycles. The molecule has 1 saturated carbocycles. The number of hydrogen-bond donors (Lipinski definition) is 0. The van der Waals surface area contributed by atoms with Crippen molar-refractivity contribution in [3.8, 4) is 11.5 Å². The minimum Gasteiger partial charge on any atom is -0.493 e. The summed E-state index contributed by atoms with van der Waals surface area (Å²) in [5.74, 6) is 2.24. The molecule has 36 heavy (non-hydrogen) atoms. The Morgan fingerprint density at radius 2 is 1.78 bits per heavy atom. The molecule has 0 spiro atoms. The zero-order valence-corrected chi connectivity index (χ0v) is 21.6. The predicted molar refractivity (Wildman–Crippen MR) is 142 cm³/mol. The number of nitrogens with zero attached hydrogens (tertiary/aromatic N) is 5. The van der Waals surface area contributed by atoms with Crippen LogP contribution in [0.15, 0.2) is 61.1 Å². The normalized spacial score (nSPS) is 13.3. The summed E-state index contributed by atoms with van der Waals surface area (Å²) in [6.45, 7) is 0.873. The number of benzene rings is 1. The standard InChI is InChI=1S/C28H35N5O3/c1-31(2)28(34)20-32(3)27-14-12-23(18-30-27)33(19-21-8-7-15-29-17-21)22-11-13-25(35-4)26(16-22)36-24-9-5-6-10-24/h7-8,11-18,24H,5-6,9-10,19-20H2,1-4H3. The first-order valence-electron chi connectivity index (χ1n) is 12.3. The third-order valence-electron chi connectivity index (χ3n) is 6.42. The van der Waals surface area contributed by atoms with Crippen molar-refractivity contribution in [2.24, 2.45) is 0 Å². The minimum absolute atomic E-state index is 0.0228. The Hall–Kier alpha value is -3.81. The summed E-state index contributed by atoms with van der Waals surface area (Å²) in [5.41, 5.74) is 2.97. The van der Waals surface area contributed by atoms with E-state index in [2.05, 4.69) is 20.9 Å². The molecule has 8 nitrogen and oxygen atoms in total. The summed E-state index contributed by atoms with van der Waals surface area (Å²) < 4.78 is 12.0. The molecule has 0 N–H and O–H groups in total. The van der Waals surface area contributed by atoms with Crippen LogP contribution >= 0.6 is 0 Å². The first kappa shape index (κ1) is 25.3. The summed E-state index contributed by atoms with van der Waals surface area (Å²) in [7, 11) is 7.04. The van der Waals surface area contributed by atoms with Gasteiger partial charge in [0.1, 0.15) is 5.82 Å². The molecule has 1 aliphatic rings. The molecular weight excluding hydrogens is 454 g/mol. The molecule has 0 aliphatic heterocycles. The molecule has 1 fully saturated rings. The van der Waals surface area contributed by atoms with Crippen molar-refractivity contribution in [3.63, 3.8) is 0 Å². The monoisotopic (exact) mass is 489 g/mol. The average Bonchev–Trinajstić information content (AvgIpc) is 3.41. The Labute approximate surface area is 213 Å². The van der Waals surface area contributed by atoms with Crippen molar-refractivity contribution in [1.82, 2.24) is 14.9 Å². The number of rotatable bonds is 10. The molecule has 0 radical (unpaired) electrons. The topological polar surface area (TPSA) is 71.0 Å². The third-order valence-corrected chi connectivity index (χ3v) is 6.42. The molecular formula is C28H35N5O3. The number of pyridine rings is 2. The first-order valence-corrected chi connectivity index (χ1v) is 12.3. The van der Waals surface area contributed by atoms with Gasteiger partial charge in [-0.3, -0.25) is 9.78 Å². The highest BCUT2D eigenvalue weighted by molar-refractivity contribution is 5.80. The Morgan fingerprint density at radius 1 is 1.00 bits per heavy atom. The Bertz CT molecular complexity index is 1130. The Balaban J connectivity index is 1.64. The second kappa shape index (κ2) is 11.7. The van der Waals surface area contributed by atoms with Gasteiger partial charge in [0, 0.05) is 51.8 Å². The zero-order chi connectivity index (χ0) is 25.5. The maximum Gasteiger partial charge on any atom is 0.241 e. The van der Waals surface area contributed by atoms with Gasteiger partial charge in [-0.05, 0) is 61.6 Å². The van der Waals surface area contributed by atoms with Gasteiger partial charge < -0.3 is 24.2 Å². The van der Waals surface area contributed by atoms with E-state index in [-0.39, 0.29) is 18.6 Å². The molecule has 4 rings (SSSR count). The number of aromatic nitrogens is 2. The van der Waals surface area contributed by atoms with Crippen LogP contribution < -0.4 is 19.3 Å². The number of carbonyl (C=O) groups is 1. The molecule has 2 aromatic heterocycles. The number of amides is 1. The lowest BCUT2D eigenvalue weighted by atomic mass is 10.2. The zero-order valence-electron chi connectivity index (χ0n) is 21.6. The molecule has 0 atom stereocenters. The van der Waals surface area contributed by atoms with Gasteiger partial charge in [-0.15, -0.1) is 0 Å². The molecule has 0 bridgehead atoms. The fourth-order valence-electron chi connectivity index (χ4n) is 4.31. The quantitative estimate of drug-likeness (QED) is 0.410. The Kier molecular flexibility index (Phi) is 8.25. The number of carbonyl (C=O) groups excluding carboxylic acids is 1. The van der Waals surface area contributed by atoms with E-state index in [0.717, 1.165) is 47.1 Å². The van der Waals surface area contributed by atoms with E-state index in [1.165, 1.54) is 12.8 Å². The van der Waals surface area contributed by atoms with Gasteiger partial charge in [-0.1, -0.05) is 6.07 Å². The highest BCUT2D eigenvalue weighted by Gasteiger charge is 2.20. The summed E-state index contributed by atoms with van der Waals surface area (Å²) in [4.78, 5) is 26.7. The molecule has 1 aromatic carbocycles. The van der Waals surface area contributed by atoms with Crippen LogP contribution in [-0.2, 0) is 11.3 Å². The summed E-state index contributed by atoms with van der Waals surface area (Å²) in [6.07, 6.45) is 10.2. The molecule has 8 heteroatoms. The fourth-order valence-corrected chi connectivity index (χ4v) is 4.31. The van der Waals surface area contributed by atoms with Crippen molar-refractivity contribution >= 4 is 23.1 Å². The van der Waals surface area contributed by atoms with Crippen LogP contribution in [-0.4, -0.2) is 61.7 Å². The predicted octanol–water partition coefficient (Wildman–Crippen LogP) is 4.67. The van der Waals surface area contributed by atoms with Crippen molar-refractivity contribution in [3.05, 3.63) is 66.6 Å². The number of anilines is 3. The van der Waals surface area contributed by atoms with Crippen LogP contribution in [0.25, 0.3) is 0 Å². The van der Waals surface area contributed by atoms with Crippen LogP contribution in [0.5, 0.6) is 11.5 Å². The summed E-state index contributed by atoms with van der Waals surface area (Å²) in [5, 5.41) is 0. The van der Waals surface area contributed by atoms with E-state index in [1.54, 1.807) is 32.3 Å². The Morgan fingerprint density at radius 3 is 2.42 bits per heavy atom. The molecule has 190 valence electrons. The molecule has 1 aliphatic carbocycles. The second-order valence-electron chi connectivity index (χ2n) is 9.33. The minimum atomic E-state index is 0.0228. The number of hydrogen-bond acceptors (Lipinski definition) is 7. The van der Waals surface area contributed by atoms with Gasteiger partial charge in [0.15, 0.2) is 11.5 Å². The lowest BCUT2D eigenvalue weighted by Crippen LogP contribution is -2.34. The molecule has 2 heterocycles. The van der Waals surface area contributed by atoms with Crippen LogP contribution in [0.4, 0.5) is 17.2 Å². The van der Waals surface area contributed by atoms with Crippen molar-refractivity contribution in [2.45, 2.75) is 38.3 Å². The van der Waals surface area contributed by atoms with E-state index < -0.39 is 0 Å². The average molecular weight is 490 g/mol. The van der Waals surface area contributed by atoms with Crippen LogP contribution in [0, 0.1) is 0 Å². The van der Waals surface area contributed by atoms with Crippen molar-refractivity contribution in [1.29, 1.82) is 0 Å². The molecule has 0 unspecified atom stereocenters. The lowest BCUT2D eigenvalue weighted by Gasteiger charge is -2.27. The van der Waals surface area contributed by atoms with Gasteiger partial charge in [0.25, 0.3) is 0 Å². The van der Waals surface area contributed by atoms with E-state index in [1.807, 2.05) is 60.7 Å². The maximum atomic E-state index is 12.1. The van der Waals surface area contributed by atoms with Gasteiger partial charge in [-0.25, -0.2) is 4.98 Å². The maximum absolute atomic E-state index is 12.1. The van der Waals surface area contributed by atoms with Crippen molar-refractivity contribution in [2.75, 3.05) is 44.6 Å². The number of ether oxygens (including phenoxy) is 2. The molecule has 1 amide bonds. The third kappa shape index (κ3) is 6.24. The summed E-state index contributed by atoms with van der Waals surface area (Å²) >= 11 is 0. The van der Waals surface area contributed by atoms with Gasteiger partial charge in [0.05, 0.1) is 31.6 Å². The first-order chi connectivity index (χ1) is 17.4. The summed E-state index contributed by atoms with van der Waals surface area (Å²) in [6, 6.07) is 14.0.